The Kier molecular flexibility index (Phi) is 7.60. The lowest BCUT2D eigenvalue weighted by atomic mass is 10.0. The lowest BCUT2D eigenvalue weighted by Crippen LogP contribution is -2.05. The highest BCUT2D eigenvalue weighted by atomic mass is 16.3. The average Bonchev–Trinajstić information content (AvgIpc) is 2.04. The third-order valence-electron chi connectivity index (χ3n) is 1.94. The molecule has 0 amide bonds. The first-order valence-electron chi connectivity index (χ1n) is 4.95. The number of aliphatic hydroxyl groups is 1. The van der Waals surface area contributed by atoms with Crippen molar-refractivity contribution in [3.05, 3.63) is 12.2 Å². The Bertz CT molecular complexity index is 150. The molecular weight excluding hydrogens is 164 g/mol. The molecule has 0 heterocycles. The second kappa shape index (κ2) is 7.99. The monoisotopic (exact) mass is 184 g/mol. The van der Waals surface area contributed by atoms with Crippen LogP contribution in [0.5, 0.6) is 0 Å². The Labute approximate surface area is 80.7 Å². The molecule has 0 fully saturated rings. The van der Waals surface area contributed by atoms with E-state index in [1.165, 1.54) is 6.08 Å². The van der Waals surface area contributed by atoms with E-state index in [0.717, 1.165) is 25.5 Å². The molecule has 1 atom stereocenters. The topological polar surface area (TPSA) is 37.3 Å². The molecular formula is C11H20O2. The predicted octanol–water partition coefficient (Wildman–Crippen LogP) is 2.32. The highest BCUT2D eigenvalue weighted by Crippen LogP contribution is 2.10. The van der Waals surface area contributed by atoms with Crippen LogP contribution in [0, 0.1) is 5.92 Å². The summed E-state index contributed by atoms with van der Waals surface area (Å²) in [4.78, 5) is 9.92. The van der Waals surface area contributed by atoms with Gasteiger partial charge < -0.3 is 5.11 Å². The molecule has 0 spiro atoms. The normalized spacial score (nSPS) is 13.8. The Morgan fingerprint density at radius 1 is 1.31 bits per heavy atom. The second-order valence-corrected chi connectivity index (χ2v) is 3.78. The third-order valence-corrected chi connectivity index (χ3v) is 1.94. The fourth-order valence-electron chi connectivity index (χ4n) is 1.17. The maximum atomic E-state index is 9.92. The lowest BCUT2D eigenvalue weighted by Gasteiger charge is -2.08. The van der Waals surface area contributed by atoms with E-state index in [2.05, 4.69) is 13.8 Å². The highest BCUT2D eigenvalue weighted by Gasteiger charge is 2.01. The SMILES string of the molecule is CC(C)CCCC(O)CC=CC=O. The number of aldehydes is 1. The van der Waals surface area contributed by atoms with Gasteiger partial charge in [-0.25, -0.2) is 0 Å². The number of allylic oxidation sites excluding steroid dienone is 1. The van der Waals surface area contributed by atoms with Crippen LogP contribution >= 0.6 is 0 Å². The molecule has 0 aromatic carbocycles. The Morgan fingerprint density at radius 2 is 2.00 bits per heavy atom. The molecule has 0 aliphatic carbocycles. The Morgan fingerprint density at radius 3 is 2.54 bits per heavy atom. The van der Waals surface area contributed by atoms with Crippen LogP contribution in [0.1, 0.15) is 39.5 Å². The van der Waals surface area contributed by atoms with Crippen LogP contribution in [0.25, 0.3) is 0 Å². The van der Waals surface area contributed by atoms with Crippen molar-refractivity contribution < 1.29 is 9.90 Å². The number of carbonyl (C=O) groups is 1. The first-order chi connectivity index (χ1) is 6.16. The molecule has 1 N–H and O–H groups in total. The Hall–Kier alpha value is -0.630. The van der Waals surface area contributed by atoms with Crippen molar-refractivity contribution >= 4 is 6.29 Å². The maximum absolute atomic E-state index is 9.92. The summed E-state index contributed by atoms with van der Waals surface area (Å²) in [5, 5.41) is 9.42. The molecule has 0 bridgehead atoms. The fraction of sp³-hybridized carbons (Fsp3) is 0.727. The molecule has 13 heavy (non-hydrogen) atoms. The summed E-state index contributed by atoms with van der Waals surface area (Å²) in [6, 6.07) is 0. The van der Waals surface area contributed by atoms with Crippen molar-refractivity contribution in [2.75, 3.05) is 0 Å². The van der Waals surface area contributed by atoms with E-state index in [1.54, 1.807) is 6.08 Å². The van der Waals surface area contributed by atoms with Gasteiger partial charge in [-0.2, -0.15) is 0 Å². The van der Waals surface area contributed by atoms with E-state index < -0.39 is 0 Å². The average molecular weight is 184 g/mol. The minimum absolute atomic E-state index is 0.282. The lowest BCUT2D eigenvalue weighted by molar-refractivity contribution is -0.104. The van der Waals surface area contributed by atoms with Crippen molar-refractivity contribution in [3.8, 4) is 0 Å². The molecule has 76 valence electrons. The van der Waals surface area contributed by atoms with Crippen LogP contribution in [0.2, 0.25) is 0 Å². The summed E-state index contributed by atoms with van der Waals surface area (Å²) in [7, 11) is 0. The minimum Gasteiger partial charge on any atom is -0.393 e. The van der Waals surface area contributed by atoms with Crippen LogP contribution in [-0.4, -0.2) is 17.5 Å². The largest absolute Gasteiger partial charge is 0.393 e. The van der Waals surface area contributed by atoms with Crippen molar-refractivity contribution in [2.24, 2.45) is 5.92 Å². The summed E-state index contributed by atoms with van der Waals surface area (Å²) in [5.41, 5.74) is 0. The zero-order valence-corrected chi connectivity index (χ0v) is 8.57. The molecule has 0 aromatic heterocycles. The summed E-state index contributed by atoms with van der Waals surface area (Å²) in [5.74, 6) is 0.706. The van der Waals surface area contributed by atoms with Crippen molar-refractivity contribution in [3.63, 3.8) is 0 Å². The van der Waals surface area contributed by atoms with Gasteiger partial charge in [0, 0.05) is 0 Å². The van der Waals surface area contributed by atoms with E-state index in [1.807, 2.05) is 0 Å². The summed E-state index contributed by atoms with van der Waals surface area (Å²) in [6.45, 7) is 4.36. The molecule has 0 rings (SSSR count). The molecule has 1 unspecified atom stereocenters. The summed E-state index contributed by atoms with van der Waals surface area (Å²) >= 11 is 0. The van der Waals surface area contributed by atoms with Crippen molar-refractivity contribution in [1.82, 2.24) is 0 Å². The van der Waals surface area contributed by atoms with Gasteiger partial charge in [0.05, 0.1) is 6.10 Å². The number of carbonyl (C=O) groups excluding carboxylic acids is 1. The number of aliphatic hydroxyl groups excluding tert-OH is 1. The summed E-state index contributed by atoms with van der Waals surface area (Å²) in [6.07, 6.45) is 7.26. The first-order valence-corrected chi connectivity index (χ1v) is 4.95. The molecule has 2 nitrogen and oxygen atoms in total. The van der Waals surface area contributed by atoms with Gasteiger partial charge in [0.2, 0.25) is 0 Å². The Balaban J connectivity index is 3.34. The van der Waals surface area contributed by atoms with E-state index >= 15 is 0 Å². The fourth-order valence-corrected chi connectivity index (χ4v) is 1.17. The van der Waals surface area contributed by atoms with Gasteiger partial charge in [0.1, 0.15) is 6.29 Å². The van der Waals surface area contributed by atoms with Gasteiger partial charge in [-0.05, 0) is 24.8 Å². The van der Waals surface area contributed by atoms with Crippen molar-refractivity contribution in [1.29, 1.82) is 0 Å². The van der Waals surface area contributed by atoms with Crippen LogP contribution in [0.3, 0.4) is 0 Å². The molecule has 0 aliphatic heterocycles. The second-order valence-electron chi connectivity index (χ2n) is 3.78. The quantitative estimate of drug-likeness (QED) is 0.487. The third kappa shape index (κ3) is 9.28. The van der Waals surface area contributed by atoms with Crippen LogP contribution in [0.15, 0.2) is 12.2 Å². The molecule has 0 aliphatic rings. The zero-order valence-electron chi connectivity index (χ0n) is 8.57. The highest BCUT2D eigenvalue weighted by molar-refractivity contribution is 5.64. The van der Waals surface area contributed by atoms with Gasteiger partial charge in [0.15, 0.2) is 0 Å². The van der Waals surface area contributed by atoms with E-state index in [0.29, 0.717) is 12.3 Å². The zero-order chi connectivity index (χ0) is 10.1. The molecule has 0 radical (unpaired) electrons. The van der Waals surface area contributed by atoms with Gasteiger partial charge in [-0.15, -0.1) is 0 Å². The van der Waals surface area contributed by atoms with Crippen molar-refractivity contribution in [2.45, 2.75) is 45.6 Å². The maximum Gasteiger partial charge on any atom is 0.142 e. The van der Waals surface area contributed by atoms with Gasteiger partial charge >= 0.3 is 0 Å². The predicted molar refractivity (Wildman–Crippen MR) is 54.5 cm³/mol. The molecule has 0 saturated carbocycles. The molecule has 0 aromatic rings. The molecule has 0 saturated heterocycles. The van der Waals surface area contributed by atoms with Crippen LogP contribution in [-0.2, 0) is 4.79 Å². The minimum atomic E-state index is -0.282. The van der Waals surface area contributed by atoms with Crippen LogP contribution < -0.4 is 0 Å². The van der Waals surface area contributed by atoms with Gasteiger partial charge in [-0.1, -0.05) is 32.8 Å². The standard InChI is InChI=1S/C11H20O2/c1-10(2)6-5-8-11(13)7-3-4-9-12/h3-4,9-11,13H,5-8H2,1-2H3. The van der Waals surface area contributed by atoms with E-state index in [4.69, 9.17) is 0 Å². The van der Waals surface area contributed by atoms with Gasteiger partial charge in [-0.3, -0.25) is 4.79 Å². The smallest absolute Gasteiger partial charge is 0.142 e. The number of rotatable bonds is 7. The van der Waals surface area contributed by atoms with Gasteiger partial charge in [0.25, 0.3) is 0 Å². The first kappa shape index (κ1) is 12.4. The summed E-state index contributed by atoms with van der Waals surface area (Å²) < 4.78 is 0. The number of hydrogen-bond donors (Lipinski definition) is 1. The van der Waals surface area contributed by atoms with Crippen LogP contribution in [0.4, 0.5) is 0 Å². The van der Waals surface area contributed by atoms with E-state index in [9.17, 15) is 9.90 Å². The molecule has 2 heteroatoms. The number of hydrogen-bond acceptors (Lipinski definition) is 2. The van der Waals surface area contributed by atoms with E-state index in [-0.39, 0.29) is 6.10 Å².